The number of aromatic nitrogens is 3. The van der Waals surface area contributed by atoms with Crippen LogP contribution in [0, 0.1) is 13.8 Å². The van der Waals surface area contributed by atoms with Crippen LogP contribution in [0.4, 0.5) is 0 Å². The van der Waals surface area contributed by atoms with E-state index in [4.69, 9.17) is 4.74 Å². The first kappa shape index (κ1) is 18.5. The predicted octanol–water partition coefficient (Wildman–Crippen LogP) is 3.42. The van der Waals surface area contributed by atoms with Crippen LogP contribution in [0.25, 0.3) is 10.2 Å². The fourth-order valence-corrected chi connectivity index (χ4v) is 3.80. The molecule has 0 N–H and O–H groups in total. The SMILES string of the molecule is CCn1nc(C)c(CN(CCOC)C(=O)c2ccc3ncsc3c2)c1C. The molecule has 0 aliphatic carbocycles. The number of carbonyl (C=O) groups is 1. The third-order valence-corrected chi connectivity index (χ3v) is 5.40. The molecular weight excluding hydrogens is 348 g/mol. The number of thiazole rings is 1. The van der Waals surface area contributed by atoms with Gasteiger partial charge < -0.3 is 9.64 Å². The molecule has 1 aromatic carbocycles. The first-order chi connectivity index (χ1) is 12.5. The van der Waals surface area contributed by atoms with Crippen LogP contribution in [0.3, 0.4) is 0 Å². The lowest BCUT2D eigenvalue weighted by atomic mass is 10.1. The molecule has 2 heterocycles. The van der Waals surface area contributed by atoms with Crippen molar-refractivity contribution in [2.24, 2.45) is 0 Å². The Bertz CT molecular complexity index is 916. The van der Waals surface area contributed by atoms with Gasteiger partial charge in [-0.15, -0.1) is 11.3 Å². The summed E-state index contributed by atoms with van der Waals surface area (Å²) in [6.45, 7) is 8.50. The number of hydrogen-bond acceptors (Lipinski definition) is 5. The second-order valence-electron chi connectivity index (χ2n) is 6.22. The van der Waals surface area contributed by atoms with Crippen LogP contribution in [-0.2, 0) is 17.8 Å². The zero-order valence-electron chi connectivity index (χ0n) is 15.7. The van der Waals surface area contributed by atoms with Crippen molar-refractivity contribution in [2.75, 3.05) is 20.3 Å². The summed E-state index contributed by atoms with van der Waals surface area (Å²) in [6, 6.07) is 5.67. The van der Waals surface area contributed by atoms with Crippen LogP contribution in [0.2, 0.25) is 0 Å². The Balaban J connectivity index is 1.89. The molecule has 1 amide bonds. The Morgan fingerprint density at radius 1 is 1.35 bits per heavy atom. The number of amides is 1. The molecule has 0 bridgehead atoms. The highest BCUT2D eigenvalue weighted by Gasteiger charge is 2.20. The van der Waals surface area contributed by atoms with E-state index < -0.39 is 0 Å². The van der Waals surface area contributed by atoms with E-state index in [-0.39, 0.29) is 5.91 Å². The first-order valence-corrected chi connectivity index (χ1v) is 9.57. The summed E-state index contributed by atoms with van der Waals surface area (Å²) >= 11 is 1.54. The highest BCUT2D eigenvalue weighted by molar-refractivity contribution is 7.16. The smallest absolute Gasteiger partial charge is 0.254 e. The minimum atomic E-state index is 0.000369. The molecule has 0 unspecified atom stereocenters. The van der Waals surface area contributed by atoms with Gasteiger partial charge in [0.1, 0.15) is 0 Å². The number of hydrogen-bond donors (Lipinski definition) is 0. The van der Waals surface area contributed by atoms with Crippen molar-refractivity contribution in [3.8, 4) is 0 Å². The zero-order chi connectivity index (χ0) is 18.7. The molecule has 0 saturated heterocycles. The summed E-state index contributed by atoms with van der Waals surface area (Å²) in [5, 5.41) is 4.57. The van der Waals surface area contributed by atoms with Crippen molar-refractivity contribution in [1.82, 2.24) is 19.7 Å². The molecule has 0 fully saturated rings. The number of nitrogens with zero attached hydrogens (tertiary/aromatic N) is 4. The predicted molar refractivity (Wildman–Crippen MR) is 104 cm³/mol. The van der Waals surface area contributed by atoms with Gasteiger partial charge in [0.2, 0.25) is 0 Å². The van der Waals surface area contributed by atoms with Gasteiger partial charge in [-0.2, -0.15) is 5.10 Å². The average molecular weight is 372 g/mol. The maximum atomic E-state index is 13.1. The average Bonchev–Trinajstić information content (AvgIpc) is 3.22. The largest absolute Gasteiger partial charge is 0.383 e. The molecule has 2 aromatic heterocycles. The topological polar surface area (TPSA) is 60.2 Å². The third kappa shape index (κ3) is 3.64. The molecule has 0 radical (unpaired) electrons. The maximum absolute atomic E-state index is 13.1. The zero-order valence-corrected chi connectivity index (χ0v) is 16.5. The van der Waals surface area contributed by atoms with E-state index in [1.54, 1.807) is 24.0 Å². The van der Waals surface area contributed by atoms with Crippen molar-refractivity contribution in [3.63, 3.8) is 0 Å². The van der Waals surface area contributed by atoms with E-state index in [0.29, 0.717) is 25.3 Å². The normalized spacial score (nSPS) is 11.2. The number of ether oxygens (including phenoxy) is 1. The third-order valence-electron chi connectivity index (χ3n) is 4.61. The Morgan fingerprint density at radius 2 is 2.15 bits per heavy atom. The summed E-state index contributed by atoms with van der Waals surface area (Å²) < 4.78 is 8.22. The molecule has 7 heteroatoms. The molecule has 3 rings (SSSR count). The van der Waals surface area contributed by atoms with E-state index in [1.165, 1.54) is 0 Å². The number of carbonyl (C=O) groups excluding carboxylic acids is 1. The van der Waals surface area contributed by atoms with Crippen LogP contribution >= 0.6 is 11.3 Å². The van der Waals surface area contributed by atoms with Crippen molar-refractivity contribution in [2.45, 2.75) is 33.9 Å². The first-order valence-electron chi connectivity index (χ1n) is 8.69. The van der Waals surface area contributed by atoms with Crippen LogP contribution < -0.4 is 0 Å². The number of fused-ring (bicyclic) bond motifs is 1. The number of benzene rings is 1. The molecule has 0 aliphatic rings. The Kier molecular flexibility index (Phi) is 5.68. The molecule has 26 heavy (non-hydrogen) atoms. The van der Waals surface area contributed by atoms with Crippen LogP contribution in [-0.4, -0.2) is 45.8 Å². The van der Waals surface area contributed by atoms with Gasteiger partial charge in [0.05, 0.1) is 28.0 Å². The Labute approximate surface area is 157 Å². The summed E-state index contributed by atoms with van der Waals surface area (Å²) in [6.07, 6.45) is 0. The van der Waals surface area contributed by atoms with Crippen molar-refractivity contribution < 1.29 is 9.53 Å². The molecule has 0 aliphatic heterocycles. The van der Waals surface area contributed by atoms with Gasteiger partial charge in [0, 0.05) is 43.6 Å². The number of methoxy groups -OCH3 is 1. The fourth-order valence-electron chi connectivity index (χ4n) is 3.09. The van der Waals surface area contributed by atoms with E-state index in [2.05, 4.69) is 23.9 Å². The number of rotatable bonds is 7. The van der Waals surface area contributed by atoms with Crippen LogP contribution in [0.5, 0.6) is 0 Å². The van der Waals surface area contributed by atoms with Gasteiger partial charge >= 0.3 is 0 Å². The van der Waals surface area contributed by atoms with Gasteiger partial charge in [-0.3, -0.25) is 9.48 Å². The fraction of sp³-hybridized carbons (Fsp3) is 0.421. The minimum Gasteiger partial charge on any atom is -0.383 e. The second-order valence-corrected chi connectivity index (χ2v) is 7.11. The van der Waals surface area contributed by atoms with Gasteiger partial charge in [-0.25, -0.2) is 4.98 Å². The molecule has 138 valence electrons. The molecule has 0 saturated carbocycles. The highest BCUT2D eigenvalue weighted by Crippen LogP contribution is 2.22. The standard InChI is InChI=1S/C19H24N4O2S/c1-5-23-14(3)16(13(2)21-23)11-22(8-9-25-4)19(24)15-6-7-17-18(10-15)26-12-20-17/h6-7,10,12H,5,8-9,11H2,1-4H3. The van der Waals surface area contributed by atoms with E-state index >= 15 is 0 Å². The lowest BCUT2D eigenvalue weighted by Crippen LogP contribution is -2.33. The lowest BCUT2D eigenvalue weighted by Gasteiger charge is -2.23. The summed E-state index contributed by atoms with van der Waals surface area (Å²) in [4.78, 5) is 19.3. The molecule has 0 atom stereocenters. The quantitative estimate of drug-likeness (QED) is 0.638. The lowest BCUT2D eigenvalue weighted by molar-refractivity contribution is 0.0680. The van der Waals surface area contributed by atoms with Gasteiger partial charge in [-0.1, -0.05) is 0 Å². The second kappa shape index (κ2) is 7.97. The minimum absolute atomic E-state index is 0.000369. The Hall–Kier alpha value is -2.25. The summed E-state index contributed by atoms with van der Waals surface area (Å²) in [7, 11) is 1.65. The van der Waals surface area contributed by atoms with Gasteiger partial charge in [0.15, 0.2) is 0 Å². The van der Waals surface area contributed by atoms with Crippen molar-refractivity contribution >= 4 is 27.5 Å². The molecule has 6 nitrogen and oxygen atoms in total. The van der Waals surface area contributed by atoms with Crippen LogP contribution in [0.1, 0.15) is 34.2 Å². The molecule has 3 aromatic rings. The van der Waals surface area contributed by atoms with E-state index in [9.17, 15) is 4.79 Å². The summed E-state index contributed by atoms with van der Waals surface area (Å²) in [5.74, 6) is 0.000369. The molecule has 0 spiro atoms. The van der Waals surface area contributed by atoms with Crippen molar-refractivity contribution in [1.29, 1.82) is 0 Å². The monoisotopic (exact) mass is 372 g/mol. The van der Waals surface area contributed by atoms with E-state index in [0.717, 1.165) is 33.7 Å². The summed E-state index contributed by atoms with van der Waals surface area (Å²) in [5.41, 5.74) is 6.58. The van der Waals surface area contributed by atoms with Gasteiger partial charge in [-0.05, 0) is 39.0 Å². The molecular formula is C19H24N4O2S. The number of aryl methyl sites for hydroxylation is 2. The highest BCUT2D eigenvalue weighted by atomic mass is 32.1. The Morgan fingerprint density at radius 3 is 2.85 bits per heavy atom. The van der Waals surface area contributed by atoms with E-state index in [1.807, 2.05) is 34.7 Å². The van der Waals surface area contributed by atoms with Crippen molar-refractivity contribution in [3.05, 3.63) is 46.2 Å². The maximum Gasteiger partial charge on any atom is 0.254 e. The van der Waals surface area contributed by atoms with Gasteiger partial charge in [0.25, 0.3) is 5.91 Å². The van der Waals surface area contributed by atoms with Crippen LogP contribution in [0.15, 0.2) is 23.7 Å².